The van der Waals surface area contributed by atoms with E-state index >= 15 is 0 Å². The van der Waals surface area contributed by atoms with E-state index < -0.39 is 24.1 Å². The number of H-pyrrole nitrogens is 1. The molecule has 0 amide bonds. The second-order valence-electron chi connectivity index (χ2n) is 3.90. The van der Waals surface area contributed by atoms with Gasteiger partial charge in [-0.05, 0) is 6.92 Å². The van der Waals surface area contributed by atoms with Gasteiger partial charge in [0.15, 0.2) is 6.23 Å². The number of aromatic amines is 1. The maximum atomic E-state index is 11.6. The van der Waals surface area contributed by atoms with Crippen LogP contribution >= 0.6 is 12.2 Å². The van der Waals surface area contributed by atoms with Crippen LogP contribution in [0.2, 0.25) is 0 Å². The molecule has 0 bridgehead atoms. The Labute approximate surface area is 102 Å². The first-order valence-corrected chi connectivity index (χ1v) is 5.58. The molecule has 8 heteroatoms. The Morgan fingerprint density at radius 1 is 1.71 bits per heavy atom. The van der Waals surface area contributed by atoms with Crippen LogP contribution in [0.1, 0.15) is 18.3 Å². The number of rotatable bonds is 2. The average Bonchev–Trinajstić information content (AvgIpc) is 2.65. The van der Waals surface area contributed by atoms with E-state index in [9.17, 15) is 9.90 Å². The van der Waals surface area contributed by atoms with E-state index in [2.05, 4.69) is 10.1 Å². The predicted octanol–water partition coefficient (Wildman–Crippen LogP) is -0.750. The Balaban J connectivity index is 2.34. The zero-order valence-corrected chi connectivity index (χ0v) is 9.98. The first kappa shape index (κ1) is 12.4. The summed E-state index contributed by atoms with van der Waals surface area (Å²) in [5.41, 5.74) is 0.0153. The summed E-state index contributed by atoms with van der Waals surface area (Å²) in [6.07, 6.45) is -1.96. The molecule has 1 aromatic heterocycles. The summed E-state index contributed by atoms with van der Waals surface area (Å²) in [4.78, 5) is 14.1. The van der Waals surface area contributed by atoms with Gasteiger partial charge in [0.2, 0.25) is 0 Å². The molecule has 3 atom stereocenters. The van der Waals surface area contributed by atoms with Crippen LogP contribution in [0.25, 0.3) is 0 Å². The van der Waals surface area contributed by atoms with Gasteiger partial charge in [-0.1, -0.05) is 12.2 Å². The first-order chi connectivity index (χ1) is 8.02. The number of aryl methyl sites for hydroxylation is 1. The Bertz CT molecular complexity index is 526. The van der Waals surface area contributed by atoms with E-state index in [-0.39, 0.29) is 17.7 Å². The van der Waals surface area contributed by atoms with Gasteiger partial charge in [-0.3, -0.25) is 4.98 Å². The Morgan fingerprint density at radius 3 is 3.00 bits per heavy atom. The molecule has 0 unspecified atom stereocenters. The van der Waals surface area contributed by atoms with Crippen LogP contribution < -0.4 is 5.69 Å². The molecule has 1 aliphatic heterocycles. The fourth-order valence-corrected chi connectivity index (χ4v) is 1.85. The highest BCUT2D eigenvalue weighted by Crippen LogP contribution is 2.26. The molecule has 2 rings (SSSR count). The van der Waals surface area contributed by atoms with E-state index in [0.717, 1.165) is 4.68 Å². The van der Waals surface area contributed by atoms with Crippen LogP contribution in [0, 0.1) is 11.6 Å². The lowest BCUT2D eigenvalue weighted by atomic mass is 10.2. The van der Waals surface area contributed by atoms with E-state index in [1.54, 1.807) is 6.92 Å². The summed E-state index contributed by atoms with van der Waals surface area (Å²) in [5.74, 6) is 0. The van der Waals surface area contributed by atoms with Gasteiger partial charge >= 0.3 is 5.69 Å². The lowest BCUT2D eigenvalue weighted by Gasteiger charge is -2.13. The minimum Gasteiger partial charge on any atom is -0.394 e. The summed E-state index contributed by atoms with van der Waals surface area (Å²) in [6, 6.07) is 0. The standard InChI is InChI=1S/C9H13N3O4S/c1-4-8(17)10-9(15)12(11-4)7-2-5(14)6(3-13)16-7/h5-7,13-14H,2-3H2,1H3,(H,10,15,17)/t5-,6+,7+/m0/s1. The number of aromatic nitrogens is 3. The minimum atomic E-state index is -0.804. The molecular formula is C9H13N3O4S. The molecule has 0 aromatic carbocycles. The molecule has 0 radical (unpaired) electrons. The zero-order valence-electron chi connectivity index (χ0n) is 9.16. The van der Waals surface area contributed by atoms with Crippen LogP contribution in [0.3, 0.4) is 0 Å². The number of hydrogen-bond donors (Lipinski definition) is 3. The first-order valence-electron chi connectivity index (χ1n) is 5.17. The van der Waals surface area contributed by atoms with E-state index in [4.69, 9.17) is 22.1 Å². The van der Waals surface area contributed by atoms with Gasteiger partial charge in [0.05, 0.1) is 18.4 Å². The maximum Gasteiger partial charge on any atom is 0.345 e. The average molecular weight is 259 g/mol. The number of hydrogen-bond acceptors (Lipinski definition) is 6. The second-order valence-corrected chi connectivity index (χ2v) is 4.31. The van der Waals surface area contributed by atoms with Gasteiger partial charge in [0.1, 0.15) is 10.7 Å². The highest BCUT2D eigenvalue weighted by Gasteiger charge is 2.35. The van der Waals surface area contributed by atoms with Gasteiger partial charge < -0.3 is 14.9 Å². The van der Waals surface area contributed by atoms with Crippen molar-refractivity contribution in [1.82, 2.24) is 14.8 Å². The number of ether oxygens (including phenoxy) is 1. The van der Waals surface area contributed by atoms with E-state index in [0.29, 0.717) is 5.69 Å². The highest BCUT2D eigenvalue weighted by atomic mass is 32.1. The van der Waals surface area contributed by atoms with Crippen LogP contribution in [-0.4, -0.2) is 43.8 Å². The summed E-state index contributed by atoms with van der Waals surface area (Å²) in [6.45, 7) is 1.37. The molecule has 2 heterocycles. The van der Waals surface area contributed by atoms with E-state index in [1.165, 1.54) is 0 Å². The molecule has 94 valence electrons. The fraction of sp³-hybridized carbons (Fsp3) is 0.667. The topological polar surface area (TPSA) is 100 Å². The predicted molar refractivity (Wildman–Crippen MR) is 60.0 cm³/mol. The zero-order chi connectivity index (χ0) is 12.6. The fourth-order valence-electron chi connectivity index (χ4n) is 1.72. The van der Waals surface area contributed by atoms with Gasteiger partial charge in [0.25, 0.3) is 0 Å². The molecule has 7 nitrogen and oxygen atoms in total. The van der Waals surface area contributed by atoms with Crippen molar-refractivity contribution in [2.75, 3.05) is 6.61 Å². The number of nitrogens with one attached hydrogen (secondary N) is 1. The molecule has 3 N–H and O–H groups in total. The molecule has 1 aliphatic rings. The molecule has 0 aliphatic carbocycles. The van der Waals surface area contributed by atoms with Gasteiger partial charge in [-0.25, -0.2) is 4.79 Å². The van der Waals surface area contributed by atoms with Gasteiger partial charge in [-0.2, -0.15) is 9.78 Å². The van der Waals surface area contributed by atoms with Crippen molar-refractivity contribution in [1.29, 1.82) is 0 Å². The Hall–Kier alpha value is -1.09. The summed E-state index contributed by atoms with van der Waals surface area (Å²) in [7, 11) is 0. The molecule has 1 saturated heterocycles. The summed E-state index contributed by atoms with van der Waals surface area (Å²) < 4.78 is 6.71. The number of nitrogens with zero attached hydrogens (tertiary/aromatic N) is 2. The van der Waals surface area contributed by atoms with Crippen molar-refractivity contribution < 1.29 is 14.9 Å². The van der Waals surface area contributed by atoms with Crippen LogP contribution in [0.4, 0.5) is 0 Å². The Morgan fingerprint density at radius 2 is 2.41 bits per heavy atom. The van der Waals surface area contributed by atoms with Crippen molar-refractivity contribution in [3.8, 4) is 0 Å². The molecule has 0 spiro atoms. The number of aliphatic hydroxyl groups is 2. The lowest BCUT2D eigenvalue weighted by Crippen LogP contribution is -2.30. The van der Waals surface area contributed by atoms with Crippen molar-refractivity contribution in [2.45, 2.75) is 31.8 Å². The molecule has 1 fully saturated rings. The summed E-state index contributed by atoms with van der Waals surface area (Å²) in [5, 5.41) is 22.5. The lowest BCUT2D eigenvalue weighted by molar-refractivity contribution is -0.0507. The van der Waals surface area contributed by atoms with Gasteiger partial charge in [-0.15, -0.1) is 0 Å². The minimum absolute atomic E-state index is 0.211. The highest BCUT2D eigenvalue weighted by molar-refractivity contribution is 7.71. The third-order valence-corrected chi connectivity index (χ3v) is 3.07. The summed E-state index contributed by atoms with van der Waals surface area (Å²) >= 11 is 4.88. The van der Waals surface area contributed by atoms with Crippen molar-refractivity contribution in [2.24, 2.45) is 0 Å². The van der Waals surface area contributed by atoms with Crippen LogP contribution in [0.15, 0.2) is 4.79 Å². The van der Waals surface area contributed by atoms with Crippen molar-refractivity contribution in [3.63, 3.8) is 0 Å². The Kier molecular flexibility index (Phi) is 3.38. The van der Waals surface area contributed by atoms with Gasteiger partial charge in [0, 0.05) is 6.42 Å². The smallest absolute Gasteiger partial charge is 0.345 e. The van der Waals surface area contributed by atoms with Crippen LogP contribution in [-0.2, 0) is 4.74 Å². The quantitative estimate of drug-likeness (QED) is 0.604. The molecule has 17 heavy (non-hydrogen) atoms. The van der Waals surface area contributed by atoms with Crippen molar-refractivity contribution in [3.05, 3.63) is 20.8 Å². The maximum absolute atomic E-state index is 11.6. The monoisotopic (exact) mass is 259 g/mol. The van der Waals surface area contributed by atoms with Crippen molar-refractivity contribution >= 4 is 12.2 Å². The second kappa shape index (κ2) is 4.65. The third-order valence-electron chi connectivity index (χ3n) is 2.67. The third kappa shape index (κ3) is 2.29. The molecule has 0 saturated carbocycles. The molecular weight excluding hydrogens is 246 g/mol. The molecule has 1 aromatic rings. The van der Waals surface area contributed by atoms with Crippen LogP contribution in [0.5, 0.6) is 0 Å². The number of aliphatic hydroxyl groups excluding tert-OH is 2. The normalized spacial score (nSPS) is 28.5. The largest absolute Gasteiger partial charge is 0.394 e. The van der Waals surface area contributed by atoms with E-state index in [1.807, 2.05) is 0 Å². The SMILES string of the molecule is Cc1nn([C@H]2C[C@H](O)[C@@H](CO)O2)c(=O)[nH]c1=S.